The van der Waals surface area contributed by atoms with Crippen LogP contribution in [0.3, 0.4) is 0 Å². The van der Waals surface area contributed by atoms with Gasteiger partial charge in [0.1, 0.15) is 17.3 Å². The molecule has 0 aliphatic carbocycles. The van der Waals surface area contributed by atoms with Crippen LogP contribution in [0.5, 0.6) is 0 Å². The minimum atomic E-state index is -0.984. The average Bonchev–Trinajstić information content (AvgIpc) is 2.43. The molecule has 2 aromatic rings. The van der Waals surface area contributed by atoms with Crippen LogP contribution in [0.4, 0.5) is 20.2 Å². The Kier molecular flexibility index (Phi) is 4.67. The van der Waals surface area contributed by atoms with Crippen molar-refractivity contribution in [3.8, 4) is 0 Å². The summed E-state index contributed by atoms with van der Waals surface area (Å²) in [5, 5.41) is 4.73. The van der Waals surface area contributed by atoms with E-state index in [0.29, 0.717) is 11.1 Å². The number of hydrogen-bond donors (Lipinski definition) is 2. The number of amides is 2. The minimum Gasteiger partial charge on any atom is -0.324 e. The highest BCUT2D eigenvalue weighted by molar-refractivity contribution is 6.30. The Morgan fingerprint density at radius 2 is 1.73 bits per heavy atom. The molecule has 0 aliphatic heterocycles. The van der Waals surface area contributed by atoms with E-state index in [-0.39, 0.29) is 17.1 Å². The summed E-state index contributed by atoms with van der Waals surface area (Å²) in [4.78, 5) is 26.7. The second kappa shape index (κ2) is 6.48. The van der Waals surface area contributed by atoms with Crippen molar-refractivity contribution in [3.05, 3.63) is 52.8 Å². The molecule has 2 rings (SSSR count). The summed E-state index contributed by atoms with van der Waals surface area (Å²) in [5.74, 6) is -3.19. The molecule has 0 saturated heterocycles. The number of pyridine rings is 1. The molecule has 2 amide bonds. The van der Waals surface area contributed by atoms with Gasteiger partial charge in [-0.05, 0) is 18.2 Å². The second-order valence-corrected chi connectivity index (χ2v) is 4.74. The van der Waals surface area contributed by atoms with Crippen LogP contribution < -0.4 is 10.6 Å². The fourth-order valence-electron chi connectivity index (χ4n) is 1.65. The maximum Gasteiger partial charge on any atom is 0.274 e. The van der Waals surface area contributed by atoms with E-state index < -0.39 is 23.4 Å². The third-order valence-electron chi connectivity index (χ3n) is 2.57. The van der Waals surface area contributed by atoms with Gasteiger partial charge in [0.15, 0.2) is 0 Å². The SMILES string of the molecule is CC(=O)Nc1cc(NC(=O)c2cc(Cl)ccn2)c(F)cc1F. The minimum absolute atomic E-state index is 0.0303. The molecule has 22 heavy (non-hydrogen) atoms. The van der Waals surface area contributed by atoms with Crippen molar-refractivity contribution in [3.63, 3.8) is 0 Å². The van der Waals surface area contributed by atoms with E-state index in [0.717, 1.165) is 6.07 Å². The molecule has 5 nitrogen and oxygen atoms in total. The summed E-state index contributed by atoms with van der Waals surface area (Å²) < 4.78 is 27.2. The molecule has 0 fully saturated rings. The first kappa shape index (κ1) is 15.8. The van der Waals surface area contributed by atoms with Crippen molar-refractivity contribution in [1.29, 1.82) is 0 Å². The standard InChI is InChI=1S/C14H10ClF2N3O2/c1-7(21)19-11-6-12(10(17)5-9(11)16)20-14(22)13-4-8(15)2-3-18-13/h2-6H,1H3,(H,19,21)(H,20,22). The van der Waals surface area contributed by atoms with Crippen molar-refractivity contribution in [1.82, 2.24) is 4.98 Å². The number of carbonyl (C=O) groups excluding carboxylic acids is 2. The first-order chi connectivity index (χ1) is 10.4. The second-order valence-electron chi connectivity index (χ2n) is 4.31. The Morgan fingerprint density at radius 3 is 2.32 bits per heavy atom. The average molecular weight is 326 g/mol. The van der Waals surface area contributed by atoms with E-state index in [1.165, 1.54) is 25.3 Å². The molecule has 0 bridgehead atoms. The zero-order valence-corrected chi connectivity index (χ0v) is 12.0. The molecule has 0 aliphatic rings. The smallest absolute Gasteiger partial charge is 0.274 e. The topological polar surface area (TPSA) is 71.1 Å². The lowest BCUT2D eigenvalue weighted by molar-refractivity contribution is -0.114. The lowest BCUT2D eigenvalue weighted by Gasteiger charge is -2.10. The number of anilines is 2. The van der Waals surface area contributed by atoms with E-state index in [1.807, 2.05) is 0 Å². The highest BCUT2D eigenvalue weighted by Crippen LogP contribution is 2.24. The van der Waals surface area contributed by atoms with Gasteiger partial charge in [-0.15, -0.1) is 0 Å². The van der Waals surface area contributed by atoms with Crippen LogP contribution >= 0.6 is 11.6 Å². The Morgan fingerprint density at radius 1 is 1.09 bits per heavy atom. The molecule has 0 spiro atoms. The molecular weight excluding hydrogens is 316 g/mol. The third-order valence-corrected chi connectivity index (χ3v) is 2.81. The fraction of sp³-hybridized carbons (Fsp3) is 0.0714. The number of nitrogens with one attached hydrogen (secondary N) is 2. The fourth-order valence-corrected chi connectivity index (χ4v) is 1.81. The van der Waals surface area contributed by atoms with Crippen LogP contribution in [0.25, 0.3) is 0 Å². The van der Waals surface area contributed by atoms with Gasteiger partial charge >= 0.3 is 0 Å². The molecule has 0 unspecified atom stereocenters. The number of nitrogens with zero attached hydrogens (tertiary/aromatic N) is 1. The van der Waals surface area contributed by atoms with Crippen molar-refractivity contribution in [2.24, 2.45) is 0 Å². The number of aromatic nitrogens is 1. The van der Waals surface area contributed by atoms with Crippen molar-refractivity contribution in [2.75, 3.05) is 10.6 Å². The predicted molar refractivity (Wildman–Crippen MR) is 77.9 cm³/mol. The number of rotatable bonds is 3. The van der Waals surface area contributed by atoms with Crippen LogP contribution in [-0.2, 0) is 4.79 Å². The molecule has 0 radical (unpaired) electrons. The Bertz CT molecular complexity index is 753. The molecule has 114 valence electrons. The number of carbonyl (C=O) groups is 2. The van der Waals surface area contributed by atoms with E-state index in [2.05, 4.69) is 15.6 Å². The van der Waals surface area contributed by atoms with E-state index >= 15 is 0 Å². The molecule has 0 saturated carbocycles. The largest absolute Gasteiger partial charge is 0.324 e. The van der Waals surface area contributed by atoms with Gasteiger partial charge in [0, 0.05) is 24.2 Å². The normalized spacial score (nSPS) is 10.2. The Balaban J connectivity index is 2.29. The maximum atomic E-state index is 13.7. The zero-order valence-electron chi connectivity index (χ0n) is 11.3. The Hall–Kier alpha value is -2.54. The summed E-state index contributed by atoms with van der Waals surface area (Å²) in [6.45, 7) is 1.18. The highest BCUT2D eigenvalue weighted by Gasteiger charge is 2.15. The zero-order chi connectivity index (χ0) is 16.3. The van der Waals surface area contributed by atoms with Crippen LogP contribution in [0.2, 0.25) is 5.02 Å². The molecule has 2 N–H and O–H groups in total. The first-order valence-electron chi connectivity index (χ1n) is 6.06. The van der Waals surface area contributed by atoms with Gasteiger partial charge < -0.3 is 10.6 Å². The van der Waals surface area contributed by atoms with Crippen molar-refractivity contribution >= 4 is 34.8 Å². The molecule has 1 aromatic carbocycles. The predicted octanol–water partition coefficient (Wildman–Crippen LogP) is 3.22. The summed E-state index contributed by atoms with van der Waals surface area (Å²) in [6.07, 6.45) is 1.32. The van der Waals surface area contributed by atoms with Crippen LogP contribution in [0.1, 0.15) is 17.4 Å². The Labute approximate surface area is 129 Å². The third kappa shape index (κ3) is 3.76. The number of halogens is 3. The summed E-state index contributed by atoms with van der Waals surface area (Å²) in [7, 11) is 0. The molecule has 8 heteroatoms. The maximum absolute atomic E-state index is 13.7. The van der Waals surface area contributed by atoms with Gasteiger partial charge in [0.25, 0.3) is 5.91 Å². The number of hydrogen-bond acceptors (Lipinski definition) is 3. The van der Waals surface area contributed by atoms with Crippen LogP contribution in [0, 0.1) is 11.6 Å². The molecule has 0 atom stereocenters. The van der Waals surface area contributed by atoms with Gasteiger partial charge in [-0.3, -0.25) is 14.6 Å². The van der Waals surface area contributed by atoms with Crippen molar-refractivity contribution < 1.29 is 18.4 Å². The van der Waals surface area contributed by atoms with E-state index in [4.69, 9.17) is 11.6 Å². The van der Waals surface area contributed by atoms with Gasteiger partial charge in [0.05, 0.1) is 11.4 Å². The summed E-state index contributed by atoms with van der Waals surface area (Å²) >= 11 is 5.74. The first-order valence-corrected chi connectivity index (χ1v) is 6.44. The van der Waals surface area contributed by atoms with Crippen LogP contribution in [-0.4, -0.2) is 16.8 Å². The molecule has 1 heterocycles. The van der Waals surface area contributed by atoms with Crippen molar-refractivity contribution in [2.45, 2.75) is 6.92 Å². The number of benzene rings is 1. The van der Waals surface area contributed by atoms with Gasteiger partial charge in [-0.1, -0.05) is 11.6 Å². The highest BCUT2D eigenvalue weighted by atomic mass is 35.5. The van der Waals surface area contributed by atoms with Gasteiger partial charge in [0.2, 0.25) is 5.91 Å². The monoisotopic (exact) mass is 325 g/mol. The summed E-state index contributed by atoms with van der Waals surface area (Å²) in [5.41, 5.74) is -0.572. The van der Waals surface area contributed by atoms with Gasteiger partial charge in [-0.25, -0.2) is 8.78 Å². The van der Waals surface area contributed by atoms with E-state index in [9.17, 15) is 18.4 Å². The van der Waals surface area contributed by atoms with E-state index in [1.54, 1.807) is 0 Å². The lowest BCUT2D eigenvalue weighted by atomic mass is 10.2. The molecular formula is C14H10ClF2N3O2. The van der Waals surface area contributed by atoms with Gasteiger partial charge in [-0.2, -0.15) is 0 Å². The lowest BCUT2D eigenvalue weighted by Crippen LogP contribution is -2.15. The summed E-state index contributed by atoms with van der Waals surface area (Å²) in [6, 6.07) is 4.32. The quantitative estimate of drug-likeness (QED) is 0.910. The van der Waals surface area contributed by atoms with Crippen LogP contribution in [0.15, 0.2) is 30.5 Å². The molecule has 1 aromatic heterocycles.